The second-order valence-corrected chi connectivity index (χ2v) is 4.16. The highest BCUT2D eigenvalue weighted by atomic mass is 19.4. The van der Waals surface area contributed by atoms with Crippen molar-refractivity contribution in [2.24, 2.45) is 5.84 Å². The Morgan fingerprint density at radius 2 is 1.65 bits per heavy atom. The van der Waals surface area contributed by atoms with E-state index in [1.54, 1.807) is 18.2 Å². The third-order valence-corrected chi connectivity index (χ3v) is 2.60. The summed E-state index contributed by atoms with van der Waals surface area (Å²) >= 11 is 0. The van der Waals surface area contributed by atoms with Crippen LogP contribution in [-0.4, -0.2) is 0 Å². The van der Waals surface area contributed by atoms with E-state index in [1.807, 2.05) is 6.07 Å². The molecule has 2 rings (SSSR count). The van der Waals surface area contributed by atoms with Gasteiger partial charge in [0.05, 0.1) is 5.56 Å². The lowest BCUT2D eigenvalue weighted by atomic mass is 10.2. The normalized spacial score (nSPS) is 11.4. The fourth-order valence-electron chi connectivity index (χ4n) is 1.71. The Kier molecular flexibility index (Phi) is 4.26. The van der Waals surface area contributed by atoms with Crippen molar-refractivity contribution in [2.75, 3.05) is 0 Å². The van der Waals surface area contributed by atoms with Gasteiger partial charge in [-0.1, -0.05) is 18.2 Å². The molecule has 0 saturated heterocycles. The van der Waals surface area contributed by atoms with E-state index < -0.39 is 11.7 Å². The first-order valence-corrected chi connectivity index (χ1v) is 5.86. The zero-order valence-electron chi connectivity index (χ0n) is 10.4. The standard InChI is InChI=1S/C14H13F3N2O/c15-14(16,17)11-4-2-6-13(8-11)20-12-5-1-3-10(7-12)9-19-18/h1-8,19H,9,18H2. The molecule has 0 bridgehead atoms. The summed E-state index contributed by atoms with van der Waals surface area (Å²) in [6.07, 6.45) is -4.38. The van der Waals surface area contributed by atoms with Gasteiger partial charge in [0.25, 0.3) is 0 Å². The molecule has 3 nitrogen and oxygen atoms in total. The average molecular weight is 282 g/mol. The number of hydrogen-bond donors (Lipinski definition) is 2. The first-order valence-electron chi connectivity index (χ1n) is 5.86. The SMILES string of the molecule is NNCc1cccc(Oc2cccc(C(F)(F)F)c2)c1. The number of halogens is 3. The molecule has 0 saturated carbocycles. The van der Waals surface area contributed by atoms with Crippen molar-refractivity contribution < 1.29 is 17.9 Å². The van der Waals surface area contributed by atoms with Crippen LogP contribution in [0, 0.1) is 0 Å². The van der Waals surface area contributed by atoms with Gasteiger partial charge in [0.2, 0.25) is 0 Å². The maximum atomic E-state index is 12.6. The average Bonchev–Trinajstić information content (AvgIpc) is 2.39. The summed E-state index contributed by atoms with van der Waals surface area (Å²) < 4.78 is 43.2. The minimum absolute atomic E-state index is 0.137. The number of hydrazine groups is 1. The van der Waals surface area contributed by atoms with Gasteiger partial charge in [-0.25, -0.2) is 0 Å². The molecule has 0 radical (unpaired) electrons. The Morgan fingerprint density at radius 1 is 1.00 bits per heavy atom. The van der Waals surface area contributed by atoms with E-state index in [-0.39, 0.29) is 5.75 Å². The fourth-order valence-corrected chi connectivity index (χ4v) is 1.71. The van der Waals surface area contributed by atoms with Crippen molar-refractivity contribution in [3.63, 3.8) is 0 Å². The second-order valence-electron chi connectivity index (χ2n) is 4.16. The number of nitrogens with one attached hydrogen (secondary N) is 1. The molecule has 0 aliphatic heterocycles. The molecule has 0 unspecified atom stereocenters. The minimum Gasteiger partial charge on any atom is -0.457 e. The number of nitrogens with two attached hydrogens (primary N) is 1. The van der Waals surface area contributed by atoms with E-state index in [4.69, 9.17) is 10.6 Å². The van der Waals surface area contributed by atoms with Crippen LogP contribution >= 0.6 is 0 Å². The van der Waals surface area contributed by atoms with E-state index in [1.165, 1.54) is 12.1 Å². The predicted molar refractivity (Wildman–Crippen MR) is 69.0 cm³/mol. The van der Waals surface area contributed by atoms with E-state index in [0.717, 1.165) is 17.7 Å². The molecule has 0 aliphatic rings. The van der Waals surface area contributed by atoms with Gasteiger partial charge in [0, 0.05) is 6.54 Å². The molecule has 2 aromatic carbocycles. The quantitative estimate of drug-likeness (QED) is 0.667. The van der Waals surface area contributed by atoms with Crippen LogP contribution in [0.3, 0.4) is 0 Å². The van der Waals surface area contributed by atoms with E-state index >= 15 is 0 Å². The zero-order valence-corrected chi connectivity index (χ0v) is 10.4. The monoisotopic (exact) mass is 282 g/mol. The van der Waals surface area contributed by atoms with Crippen LogP contribution in [0.2, 0.25) is 0 Å². The van der Waals surface area contributed by atoms with Gasteiger partial charge in [-0.3, -0.25) is 11.3 Å². The molecule has 0 aromatic heterocycles. The summed E-state index contributed by atoms with van der Waals surface area (Å²) in [6.45, 7) is 0.444. The molecule has 106 valence electrons. The zero-order chi connectivity index (χ0) is 14.6. The van der Waals surface area contributed by atoms with E-state index in [2.05, 4.69) is 5.43 Å². The fraction of sp³-hybridized carbons (Fsp3) is 0.143. The third-order valence-electron chi connectivity index (χ3n) is 2.60. The Hall–Kier alpha value is -2.05. The van der Waals surface area contributed by atoms with Gasteiger partial charge in [0.1, 0.15) is 11.5 Å². The van der Waals surface area contributed by atoms with Crippen molar-refractivity contribution in [1.29, 1.82) is 0 Å². The highest BCUT2D eigenvalue weighted by molar-refractivity contribution is 5.36. The van der Waals surface area contributed by atoms with Crippen LogP contribution < -0.4 is 16.0 Å². The minimum atomic E-state index is -4.38. The van der Waals surface area contributed by atoms with Gasteiger partial charge in [0.15, 0.2) is 0 Å². The smallest absolute Gasteiger partial charge is 0.416 e. The second kappa shape index (κ2) is 5.94. The third kappa shape index (κ3) is 3.72. The number of rotatable bonds is 4. The van der Waals surface area contributed by atoms with Gasteiger partial charge >= 0.3 is 6.18 Å². The van der Waals surface area contributed by atoms with Gasteiger partial charge in [-0.2, -0.15) is 13.2 Å². The summed E-state index contributed by atoms with van der Waals surface area (Å²) in [7, 11) is 0. The first-order chi connectivity index (χ1) is 9.49. The number of alkyl halides is 3. The van der Waals surface area contributed by atoms with Gasteiger partial charge in [-0.05, 0) is 35.9 Å². The summed E-state index contributed by atoms with van der Waals surface area (Å²) in [6, 6.07) is 11.7. The van der Waals surface area contributed by atoms with Crippen molar-refractivity contribution in [2.45, 2.75) is 12.7 Å². The summed E-state index contributed by atoms with van der Waals surface area (Å²) in [5.41, 5.74) is 2.63. The molecular formula is C14H13F3N2O. The van der Waals surface area contributed by atoms with Crippen molar-refractivity contribution in [3.05, 3.63) is 59.7 Å². The lowest BCUT2D eigenvalue weighted by Crippen LogP contribution is -2.20. The molecule has 0 aliphatic carbocycles. The molecule has 6 heteroatoms. The number of hydrogen-bond acceptors (Lipinski definition) is 3. The molecule has 0 amide bonds. The molecule has 3 N–H and O–H groups in total. The van der Waals surface area contributed by atoms with Crippen LogP contribution in [0.25, 0.3) is 0 Å². The number of ether oxygens (including phenoxy) is 1. The first kappa shape index (κ1) is 14.4. The lowest BCUT2D eigenvalue weighted by Gasteiger charge is -2.10. The van der Waals surface area contributed by atoms with Crippen LogP contribution in [0.4, 0.5) is 13.2 Å². The van der Waals surface area contributed by atoms with Crippen molar-refractivity contribution >= 4 is 0 Å². The van der Waals surface area contributed by atoms with Crippen LogP contribution in [0.15, 0.2) is 48.5 Å². The molecule has 2 aromatic rings. The van der Waals surface area contributed by atoms with Crippen LogP contribution in [-0.2, 0) is 12.7 Å². The maximum Gasteiger partial charge on any atom is 0.416 e. The summed E-state index contributed by atoms with van der Waals surface area (Å²) in [5, 5.41) is 0. The Labute approximate surface area is 114 Å². The highest BCUT2D eigenvalue weighted by Gasteiger charge is 2.30. The largest absolute Gasteiger partial charge is 0.457 e. The number of benzene rings is 2. The van der Waals surface area contributed by atoms with E-state index in [9.17, 15) is 13.2 Å². The van der Waals surface area contributed by atoms with Gasteiger partial charge < -0.3 is 4.74 Å². The maximum absolute atomic E-state index is 12.6. The molecule has 0 heterocycles. The summed E-state index contributed by atoms with van der Waals surface area (Å²) in [4.78, 5) is 0. The van der Waals surface area contributed by atoms with Crippen LogP contribution in [0.5, 0.6) is 11.5 Å². The Balaban J connectivity index is 2.19. The van der Waals surface area contributed by atoms with Crippen molar-refractivity contribution in [3.8, 4) is 11.5 Å². The van der Waals surface area contributed by atoms with Gasteiger partial charge in [-0.15, -0.1) is 0 Å². The molecule has 0 atom stereocenters. The van der Waals surface area contributed by atoms with E-state index in [0.29, 0.717) is 12.3 Å². The summed E-state index contributed by atoms with van der Waals surface area (Å²) in [5.74, 6) is 5.81. The Morgan fingerprint density at radius 3 is 2.30 bits per heavy atom. The van der Waals surface area contributed by atoms with Crippen molar-refractivity contribution in [1.82, 2.24) is 5.43 Å². The Bertz CT molecular complexity index is 585. The van der Waals surface area contributed by atoms with Crippen LogP contribution in [0.1, 0.15) is 11.1 Å². The predicted octanol–water partition coefficient (Wildman–Crippen LogP) is 3.46. The highest BCUT2D eigenvalue weighted by Crippen LogP contribution is 2.32. The topological polar surface area (TPSA) is 47.3 Å². The molecule has 20 heavy (non-hydrogen) atoms. The molecular weight excluding hydrogens is 269 g/mol. The lowest BCUT2D eigenvalue weighted by molar-refractivity contribution is -0.137. The molecule has 0 spiro atoms. The molecule has 0 fully saturated rings.